The van der Waals surface area contributed by atoms with E-state index in [4.69, 9.17) is 5.11 Å². The van der Waals surface area contributed by atoms with Crippen LogP contribution in [-0.2, 0) is 9.59 Å². The predicted molar refractivity (Wildman–Crippen MR) is 70.6 cm³/mol. The van der Waals surface area contributed by atoms with Gasteiger partial charge in [0, 0.05) is 19.4 Å². The van der Waals surface area contributed by atoms with Crippen LogP contribution in [0.15, 0.2) is 0 Å². The second kappa shape index (κ2) is 10.9. The Morgan fingerprint density at radius 2 is 1.78 bits per heavy atom. The number of rotatable bonds is 9. The molecule has 18 heavy (non-hydrogen) atoms. The molecule has 0 radical (unpaired) electrons. The molecule has 0 aromatic rings. The minimum atomic E-state index is -0.873. The highest BCUT2D eigenvalue weighted by atomic mass is 32.2. The summed E-state index contributed by atoms with van der Waals surface area (Å²) >= 11 is 1.70. The molecule has 7 heteroatoms. The lowest BCUT2D eigenvalue weighted by atomic mass is 10.2. The first kappa shape index (κ1) is 16.8. The van der Waals surface area contributed by atoms with Crippen LogP contribution in [0, 0.1) is 0 Å². The lowest BCUT2D eigenvalue weighted by Gasteiger charge is -2.05. The van der Waals surface area contributed by atoms with E-state index in [1.807, 2.05) is 6.26 Å². The Bertz CT molecular complexity index is 284. The Balaban J connectivity index is 3.49. The fourth-order valence-corrected chi connectivity index (χ4v) is 1.65. The molecule has 104 valence electrons. The van der Waals surface area contributed by atoms with Gasteiger partial charge in [-0.25, -0.2) is 4.79 Å². The van der Waals surface area contributed by atoms with Crippen LogP contribution in [0.4, 0.5) is 4.79 Å². The fraction of sp³-hybridized carbons (Fsp3) is 0.727. The summed E-state index contributed by atoms with van der Waals surface area (Å²) in [6, 6.07) is -0.487. The van der Waals surface area contributed by atoms with Crippen molar-refractivity contribution < 1.29 is 19.5 Å². The van der Waals surface area contributed by atoms with Crippen LogP contribution in [0.5, 0.6) is 0 Å². The molecule has 0 saturated carbocycles. The number of amides is 3. The number of carbonyl (C=O) groups is 3. The van der Waals surface area contributed by atoms with Gasteiger partial charge in [0.15, 0.2) is 0 Å². The maximum atomic E-state index is 11.3. The number of urea groups is 1. The normalized spacial score (nSPS) is 9.83. The highest BCUT2D eigenvalue weighted by Crippen LogP contribution is 1.99. The third-order valence-electron chi connectivity index (χ3n) is 2.11. The number of carboxylic acids is 1. The largest absolute Gasteiger partial charge is 0.481 e. The first-order valence-electron chi connectivity index (χ1n) is 5.84. The Morgan fingerprint density at radius 3 is 2.39 bits per heavy atom. The number of hydrogen-bond donors (Lipinski definition) is 3. The van der Waals surface area contributed by atoms with Crippen molar-refractivity contribution in [3.05, 3.63) is 0 Å². The third kappa shape index (κ3) is 11.3. The van der Waals surface area contributed by atoms with E-state index in [1.54, 1.807) is 11.8 Å². The van der Waals surface area contributed by atoms with Crippen LogP contribution in [-0.4, -0.2) is 41.6 Å². The molecule has 0 spiro atoms. The van der Waals surface area contributed by atoms with Crippen molar-refractivity contribution in [2.75, 3.05) is 18.6 Å². The standard InChI is InChI=1S/C11H20N2O4S/c1-18-8-4-7-12-11(17)13-9(14)5-2-3-6-10(15)16/h2-8H2,1H3,(H,15,16)(H2,12,13,14,17). The number of imide groups is 1. The lowest BCUT2D eigenvalue weighted by Crippen LogP contribution is -2.39. The fourth-order valence-electron chi connectivity index (χ4n) is 1.21. The molecule has 0 saturated heterocycles. The van der Waals surface area contributed by atoms with Crippen molar-refractivity contribution in [3.63, 3.8) is 0 Å². The van der Waals surface area contributed by atoms with Gasteiger partial charge in [0.05, 0.1) is 0 Å². The summed E-state index contributed by atoms with van der Waals surface area (Å²) in [5, 5.41) is 13.2. The second-order valence-electron chi connectivity index (χ2n) is 3.75. The predicted octanol–water partition coefficient (Wildman–Crippen LogP) is 1.21. The zero-order chi connectivity index (χ0) is 13.8. The summed E-state index contributed by atoms with van der Waals surface area (Å²) in [5.41, 5.74) is 0. The lowest BCUT2D eigenvalue weighted by molar-refractivity contribution is -0.137. The summed E-state index contributed by atoms with van der Waals surface area (Å²) in [4.78, 5) is 32.7. The van der Waals surface area contributed by atoms with Gasteiger partial charge in [0.2, 0.25) is 5.91 Å². The molecular weight excluding hydrogens is 256 g/mol. The van der Waals surface area contributed by atoms with Crippen LogP contribution in [0.2, 0.25) is 0 Å². The molecule has 0 aliphatic rings. The zero-order valence-corrected chi connectivity index (χ0v) is 11.3. The van der Waals surface area contributed by atoms with E-state index >= 15 is 0 Å². The van der Waals surface area contributed by atoms with E-state index in [0.717, 1.165) is 12.2 Å². The van der Waals surface area contributed by atoms with Gasteiger partial charge in [-0.05, 0) is 31.3 Å². The molecule has 0 bridgehead atoms. The van der Waals surface area contributed by atoms with Gasteiger partial charge in [-0.15, -0.1) is 0 Å². The minimum absolute atomic E-state index is 0.0498. The highest BCUT2D eigenvalue weighted by molar-refractivity contribution is 7.98. The molecule has 0 aliphatic carbocycles. The van der Waals surface area contributed by atoms with Crippen molar-refractivity contribution in [2.45, 2.75) is 32.1 Å². The Labute approximate surface area is 111 Å². The Kier molecular flexibility index (Phi) is 10.1. The van der Waals surface area contributed by atoms with E-state index in [-0.39, 0.29) is 18.7 Å². The zero-order valence-electron chi connectivity index (χ0n) is 10.5. The smallest absolute Gasteiger partial charge is 0.321 e. The molecule has 0 fully saturated rings. The molecule has 3 amide bonds. The van der Waals surface area contributed by atoms with Crippen LogP contribution < -0.4 is 10.6 Å². The molecule has 0 atom stereocenters. The average molecular weight is 276 g/mol. The molecule has 6 nitrogen and oxygen atoms in total. The summed E-state index contributed by atoms with van der Waals surface area (Å²) in [6.07, 6.45) is 3.98. The molecule has 0 heterocycles. The van der Waals surface area contributed by atoms with Crippen LogP contribution >= 0.6 is 11.8 Å². The van der Waals surface area contributed by atoms with Gasteiger partial charge < -0.3 is 10.4 Å². The average Bonchev–Trinajstić information content (AvgIpc) is 2.30. The van der Waals surface area contributed by atoms with Crippen molar-refractivity contribution in [3.8, 4) is 0 Å². The van der Waals surface area contributed by atoms with Crippen molar-refractivity contribution in [1.82, 2.24) is 10.6 Å². The molecular formula is C11H20N2O4S. The van der Waals surface area contributed by atoms with Gasteiger partial charge in [-0.3, -0.25) is 14.9 Å². The quantitative estimate of drug-likeness (QED) is 0.550. The maximum absolute atomic E-state index is 11.3. The first-order valence-corrected chi connectivity index (χ1v) is 7.24. The number of carboxylic acid groups (broad SMARTS) is 1. The first-order chi connectivity index (χ1) is 8.56. The maximum Gasteiger partial charge on any atom is 0.321 e. The molecule has 0 unspecified atom stereocenters. The molecule has 0 rings (SSSR count). The minimum Gasteiger partial charge on any atom is -0.481 e. The molecule has 3 N–H and O–H groups in total. The highest BCUT2D eigenvalue weighted by Gasteiger charge is 2.07. The number of aliphatic carboxylic acids is 1. The van der Waals surface area contributed by atoms with E-state index < -0.39 is 12.0 Å². The molecule has 0 aliphatic heterocycles. The number of carbonyl (C=O) groups excluding carboxylic acids is 2. The van der Waals surface area contributed by atoms with Gasteiger partial charge >= 0.3 is 12.0 Å². The number of nitrogens with one attached hydrogen (secondary N) is 2. The number of hydrogen-bond acceptors (Lipinski definition) is 4. The van der Waals surface area contributed by atoms with Crippen LogP contribution in [0.1, 0.15) is 32.1 Å². The Morgan fingerprint density at radius 1 is 1.11 bits per heavy atom. The number of thioether (sulfide) groups is 1. The van der Waals surface area contributed by atoms with Crippen molar-refractivity contribution in [2.24, 2.45) is 0 Å². The van der Waals surface area contributed by atoms with Gasteiger partial charge in [-0.2, -0.15) is 11.8 Å². The summed E-state index contributed by atoms with van der Waals surface area (Å²) < 4.78 is 0. The number of unbranched alkanes of at least 4 members (excludes halogenated alkanes) is 1. The van der Waals surface area contributed by atoms with Gasteiger partial charge in [0.25, 0.3) is 0 Å². The van der Waals surface area contributed by atoms with E-state index in [2.05, 4.69) is 10.6 Å². The third-order valence-corrected chi connectivity index (χ3v) is 2.81. The second-order valence-corrected chi connectivity index (χ2v) is 4.74. The molecule has 0 aromatic heterocycles. The van der Waals surface area contributed by atoms with Gasteiger partial charge in [-0.1, -0.05) is 0 Å². The van der Waals surface area contributed by atoms with Gasteiger partial charge in [0.1, 0.15) is 0 Å². The van der Waals surface area contributed by atoms with E-state index in [0.29, 0.717) is 19.4 Å². The monoisotopic (exact) mass is 276 g/mol. The Hall–Kier alpha value is -1.24. The summed E-state index contributed by atoms with van der Waals surface area (Å²) in [5.74, 6) is -0.284. The summed E-state index contributed by atoms with van der Waals surface area (Å²) in [7, 11) is 0. The topological polar surface area (TPSA) is 95.5 Å². The van der Waals surface area contributed by atoms with Crippen molar-refractivity contribution in [1.29, 1.82) is 0 Å². The van der Waals surface area contributed by atoms with Crippen LogP contribution in [0.3, 0.4) is 0 Å². The van der Waals surface area contributed by atoms with Crippen LogP contribution in [0.25, 0.3) is 0 Å². The molecule has 0 aromatic carbocycles. The van der Waals surface area contributed by atoms with E-state index in [1.165, 1.54) is 0 Å². The van der Waals surface area contributed by atoms with Crippen molar-refractivity contribution >= 4 is 29.7 Å². The SMILES string of the molecule is CSCCCNC(=O)NC(=O)CCCCC(=O)O. The van der Waals surface area contributed by atoms with E-state index in [9.17, 15) is 14.4 Å². The summed E-state index contributed by atoms with van der Waals surface area (Å²) in [6.45, 7) is 0.541.